The molecule has 4 atom stereocenters. The molecule has 3 heteroatoms. The number of hydrogen-bond donors (Lipinski definition) is 1. The molecule has 0 aliphatic heterocycles. The van der Waals surface area contributed by atoms with Gasteiger partial charge in [0.1, 0.15) is 0 Å². The van der Waals surface area contributed by atoms with Crippen LogP contribution in [0.5, 0.6) is 0 Å². The lowest BCUT2D eigenvalue weighted by Gasteiger charge is -2.37. The molecule has 3 nitrogen and oxygen atoms in total. The molecule has 0 aliphatic rings. The molecule has 1 N–H and O–H groups in total. The van der Waals surface area contributed by atoms with E-state index in [0.717, 1.165) is 38.5 Å². The van der Waals surface area contributed by atoms with Crippen molar-refractivity contribution in [3.8, 4) is 0 Å². The topological polar surface area (TPSA) is 46.5 Å². The number of carbonyl (C=O) groups excluding carboxylic acids is 1. The van der Waals surface area contributed by atoms with Gasteiger partial charge in [0.15, 0.2) is 0 Å². The normalized spacial score (nSPS) is 18.6. The van der Waals surface area contributed by atoms with Crippen LogP contribution in [0.15, 0.2) is 0 Å². The highest BCUT2D eigenvalue weighted by molar-refractivity contribution is 5.71. The average Bonchev–Trinajstić information content (AvgIpc) is 2.44. The van der Waals surface area contributed by atoms with Crippen molar-refractivity contribution in [1.82, 2.24) is 0 Å². The van der Waals surface area contributed by atoms with Crippen LogP contribution < -0.4 is 0 Å². The van der Waals surface area contributed by atoms with E-state index in [9.17, 15) is 9.90 Å². The Bertz CT molecular complexity index is 290. The standard InChI is InChI=1S/C18H36O3/c1-7-10-14(4)16(19)18(6,12-9-3)13-21-17(20)15(5)11-8-2/h14-16,19H,7-13H2,1-6H3. The molecule has 126 valence electrons. The van der Waals surface area contributed by atoms with E-state index in [4.69, 9.17) is 4.74 Å². The van der Waals surface area contributed by atoms with Crippen molar-refractivity contribution in [1.29, 1.82) is 0 Å². The first-order valence-corrected chi connectivity index (χ1v) is 8.67. The van der Waals surface area contributed by atoms with Crippen molar-refractivity contribution in [2.75, 3.05) is 6.61 Å². The minimum atomic E-state index is -0.424. The summed E-state index contributed by atoms with van der Waals surface area (Å²) in [7, 11) is 0. The lowest BCUT2D eigenvalue weighted by atomic mass is 9.74. The Balaban J connectivity index is 4.68. The van der Waals surface area contributed by atoms with Crippen molar-refractivity contribution in [3.05, 3.63) is 0 Å². The third-order valence-corrected chi connectivity index (χ3v) is 4.49. The minimum absolute atomic E-state index is 0.0499. The number of rotatable bonds is 11. The SMILES string of the molecule is CCCC(C)C(=O)OCC(C)(CCC)C(O)C(C)CCC. The largest absolute Gasteiger partial charge is 0.465 e. The number of ether oxygens (including phenoxy) is 1. The van der Waals surface area contributed by atoms with Gasteiger partial charge in [0, 0.05) is 5.41 Å². The van der Waals surface area contributed by atoms with Crippen LogP contribution in [-0.2, 0) is 9.53 Å². The molecule has 0 saturated heterocycles. The molecule has 0 aromatic carbocycles. The molecular weight excluding hydrogens is 264 g/mol. The van der Waals surface area contributed by atoms with Crippen LogP contribution in [0.4, 0.5) is 0 Å². The van der Waals surface area contributed by atoms with Crippen LogP contribution in [0.3, 0.4) is 0 Å². The molecule has 0 bridgehead atoms. The second-order valence-electron chi connectivity index (χ2n) is 6.91. The molecule has 0 aliphatic carbocycles. The average molecular weight is 300 g/mol. The number of carbonyl (C=O) groups is 1. The Morgan fingerprint density at radius 1 is 1.10 bits per heavy atom. The summed E-state index contributed by atoms with van der Waals surface area (Å²) in [5.41, 5.74) is -0.342. The first-order chi connectivity index (χ1) is 9.82. The Hall–Kier alpha value is -0.570. The molecule has 0 spiro atoms. The molecule has 0 amide bonds. The zero-order valence-corrected chi connectivity index (χ0v) is 14.9. The predicted molar refractivity (Wildman–Crippen MR) is 88.1 cm³/mol. The van der Waals surface area contributed by atoms with Crippen molar-refractivity contribution < 1.29 is 14.6 Å². The molecule has 0 fully saturated rings. The molecule has 21 heavy (non-hydrogen) atoms. The maximum Gasteiger partial charge on any atom is 0.308 e. The minimum Gasteiger partial charge on any atom is -0.465 e. The molecule has 0 radical (unpaired) electrons. The van der Waals surface area contributed by atoms with Gasteiger partial charge in [-0.25, -0.2) is 0 Å². The first kappa shape index (κ1) is 20.4. The third kappa shape index (κ3) is 6.82. The van der Waals surface area contributed by atoms with Crippen LogP contribution in [0.2, 0.25) is 0 Å². The van der Waals surface area contributed by atoms with Gasteiger partial charge in [0.05, 0.1) is 18.6 Å². The monoisotopic (exact) mass is 300 g/mol. The molecule has 0 rings (SSSR count). The van der Waals surface area contributed by atoms with Crippen molar-refractivity contribution in [2.24, 2.45) is 17.3 Å². The maximum atomic E-state index is 12.0. The number of aliphatic hydroxyl groups excluding tert-OH is 1. The van der Waals surface area contributed by atoms with Crippen LogP contribution in [0.25, 0.3) is 0 Å². The summed E-state index contributed by atoms with van der Waals surface area (Å²) in [6, 6.07) is 0. The van der Waals surface area contributed by atoms with Crippen molar-refractivity contribution in [2.45, 2.75) is 86.2 Å². The Labute approximate surface area is 131 Å². The number of aliphatic hydroxyl groups is 1. The van der Waals surface area contributed by atoms with Gasteiger partial charge in [-0.15, -0.1) is 0 Å². The Morgan fingerprint density at radius 2 is 1.67 bits per heavy atom. The summed E-state index contributed by atoms with van der Waals surface area (Å²) < 4.78 is 5.52. The van der Waals surface area contributed by atoms with Gasteiger partial charge >= 0.3 is 5.97 Å². The lowest BCUT2D eigenvalue weighted by Crippen LogP contribution is -2.41. The lowest BCUT2D eigenvalue weighted by molar-refractivity contribution is -0.156. The van der Waals surface area contributed by atoms with Gasteiger partial charge in [-0.05, 0) is 25.2 Å². The second-order valence-corrected chi connectivity index (χ2v) is 6.91. The summed E-state index contributed by atoms with van der Waals surface area (Å²) in [4.78, 5) is 12.0. The zero-order valence-electron chi connectivity index (χ0n) is 14.9. The smallest absolute Gasteiger partial charge is 0.308 e. The Kier molecular flexibility index (Phi) is 9.93. The van der Waals surface area contributed by atoms with Crippen molar-refractivity contribution in [3.63, 3.8) is 0 Å². The maximum absolute atomic E-state index is 12.0. The third-order valence-electron chi connectivity index (χ3n) is 4.49. The molecule has 0 saturated carbocycles. The van der Waals surface area contributed by atoms with Gasteiger partial charge in [-0.2, -0.15) is 0 Å². The molecule has 0 aromatic rings. The van der Waals surface area contributed by atoms with Gasteiger partial charge in [0.2, 0.25) is 0 Å². The van der Waals surface area contributed by atoms with Gasteiger partial charge < -0.3 is 9.84 Å². The van der Waals surface area contributed by atoms with E-state index < -0.39 is 6.10 Å². The van der Waals surface area contributed by atoms with E-state index in [0.29, 0.717) is 6.61 Å². The summed E-state index contributed by atoms with van der Waals surface area (Å²) in [5.74, 6) is 0.0546. The van der Waals surface area contributed by atoms with Gasteiger partial charge in [-0.1, -0.05) is 60.8 Å². The summed E-state index contributed by atoms with van der Waals surface area (Å²) in [6.07, 6.45) is 5.34. The fraction of sp³-hybridized carbons (Fsp3) is 0.944. The Morgan fingerprint density at radius 3 is 2.14 bits per heavy atom. The summed E-state index contributed by atoms with van der Waals surface area (Å²) in [6.45, 7) is 12.7. The predicted octanol–water partition coefficient (Wildman–Crippen LogP) is 4.57. The number of esters is 1. The van der Waals surface area contributed by atoms with Crippen LogP contribution in [0.1, 0.15) is 80.1 Å². The molecule has 0 heterocycles. The van der Waals surface area contributed by atoms with Crippen LogP contribution >= 0.6 is 0 Å². The molecular formula is C18H36O3. The highest BCUT2D eigenvalue weighted by atomic mass is 16.5. The zero-order chi connectivity index (χ0) is 16.5. The van der Waals surface area contributed by atoms with E-state index in [-0.39, 0.29) is 23.2 Å². The van der Waals surface area contributed by atoms with E-state index >= 15 is 0 Å². The van der Waals surface area contributed by atoms with Gasteiger partial charge in [-0.3, -0.25) is 4.79 Å². The first-order valence-electron chi connectivity index (χ1n) is 8.67. The molecule has 4 unspecified atom stereocenters. The summed E-state index contributed by atoms with van der Waals surface area (Å²) in [5, 5.41) is 10.7. The highest BCUT2D eigenvalue weighted by Gasteiger charge is 2.37. The fourth-order valence-electron chi connectivity index (χ4n) is 3.11. The van der Waals surface area contributed by atoms with E-state index in [1.54, 1.807) is 0 Å². The fourth-order valence-corrected chi connectivity index (χ4v) is 3.11. The van der Waals surface area contributed by atoms with Crippen LogP contribution in [-0.4, -0.2) is 23.8 Å². The van der Waals surface area contributed by atoms with Crippen molar-refractivity contribution >= 4 is 5.97 Å². The quantitative estimate of drug-likeness (QED) is 0.569. The van der Waals surface area contributed by atoms with Crippen LogP contribution in [0, 0.1) is 17.3 Å². The van der Waals surface area contributed by atoms with E-state index in [2.05, 4.69) is 27.7 Å². The van der Waals surface area contributed by atoms with E-state index in [1.165, 1.54) is 0 Å². The second kappa shape index (κ2) is 10.2. The van der Waals surface area contributed by atoms with E-state index in [1.807, 2.05) is 13.8 Å². The molecule has 0 aromatic heterocycles. The van der Waals surface area contributed by atoms with Gasteiger partial charge in [0.25, 0.3) is 0 Å². The highest BCUT2D eigenvalue weighted by Crippen LogP contribution is 2.34. The number of hydrogen-bond acceptors (Lipinski definition) is 3. The summed E-state index contributed by atoms with van der Waals surface area (Å²) >= 11 is 0.